The van der Waals surface area contributed by atoms with E-state index in [-0.39, 0.29) is 16.5 Å². The number of aromatic nitrogens is 2. The van der Waals surface area contributed by atoms with E-state index in [1.807, 2.05) is 45.0 Å². The molecule has 0 radical (unpaired) electrons. The molecular formula is C15H19ClN2O. The first kappa shape index (κ1) is 14.1. The van der Waals surface area contributed by atoms with E-state index in [4.69, 9.17) is 11.6 Å². The van der Waals surface area contributed by atoms with Gasteiger partial charge in [-0.3, -0.25) is 9.36 Å². The van der Waals surface area contributed by atoms with Gasteiger partial charge in [0.05, 0.1) is 16.3 Å². The minimum atomic E-state index is -0.303. The summed E-state index contributed by atoms with van der Waals surface area (Å²) in [6, 6.07) is 7.41. The summed E-state index contributed by atoms with van der Waals surface area (Å²) >= 11 is 6.22. The number of hydrogen-bond donors (Lipinski definition) is 0. The third-order valence-corrected chi connectivity index (χ3v) is 3.82. The van der Waals surface area contributed by atoms with Gasteiger partial charge in [0.2, 0.25) is 0 Å². The Balaban J connectivity index is 2.91. The van der Waals surface area contributed by atoms with Crippen LogP contribution < -0.4 is 5.56 Å². The van der Waals surface area contributed by atoms with E-state index in [9.17, 15) is 4.79 Å². The fraction of sp³-hybridized carbons (Fsp3) is 0.467. The van der Waals surface area contributed by atoms with E-state index >= 15 is 0 Å². The Bertz CT molecular complexity index is 659. The lowest BCUT2D eigenvalue weighted by Crippen LogP contribution is -2.39. The highest BCUT2D eigenvalue weighted by atomic mass is 35.5. The largest absolute Gasteiger partial charge is 0.289 e. The van der Waals surface area contributed by atoms with Crippen molar-refractivity contribution in [3.05, 3.63) is 40.4 Å². The third-order valence-electron chi connectivity index (χ3n) is 3.63. The smallest absolute Gasteiger partial charge is 0.261 e. The van der Waals surface area contributed by atoms with Crippen molar-refractivity contribution >= 4 is 22.5 Å². The molecule has 2 rings (SSSR count). The number of para-hydroxylation sites is 1. The van der Waals surface area contributed by atoms with E-state index in [0.29, 0.717) is 16.7 Å². The average Bonchev–Trinajstić information content (AvgIpc) is 2.38. The van der Waals surface area contributed by atoms with Crippen LogP contribution in [0.15, 0.2) is 29.1 Å². The number of fused-ring (bicyclic) bond motifs is 1. The summed E-state index contributed by atoms with van der Waals surface area (Å²) in [6.07, 6.45) is 0.837. The molecule has 102 valence electrons. The molecule has 0 aliphatic heterocycles. The molecule has 1 atom stereocenters. The number of alkyl halides is 1. The summed E-state index contributed by atoms with van der Waals surface area (Å²) < 4.78 is 1.74. The van der Waals surface area contributed by atoms with Crippen LogP contribution in [0, 0.1) is 0 Å². The van der Waals surface area contributed by atoms with Gasteiger partial charge in [-0.1, -0.05) is 19.1 Å². The molecule has 1 aromatic carbocycles. The minimum absolute atomic E-state index is 0.0139. The lowest BCUT2D eigenvalue weighted by Gasteiger charge is -2.29. The van der Waals surface area contributed by atoms with Gasteiger partial charge in [-0.05, 0) is 39.3 Å². The van der Waals surface area contributed by atoms with Crippen LogP contribution in [0.25, 0.3) is 10.9 Å². The Morgan fingerprint density at radius 3 is 2.58 bits per heavy atom. The van der Waals surface area contributed by atoms with Crippen molar-refractivity contribution in [1.82, 2.24) is 9.55 Å². The molecule has 4 heteroatoms. The summed E-state index contributed by atoms with van der Waals surface area (Å²) in [5.41, 5.74) is 0.394. The SMILES string of the molecule is CCC(C)(C)n1c(C(C)Cl)nc2ccccc2c1=O. The zero-order valence-electron chi connectivity index (χ0n) is 11.8. The lowest BCUT2D eigenvalue weighted by atomic mass is 10.0. The summed E-state index contributed by atoms with van der Waals surface area (Å²) in [6.45, 7) is 7.98. The molecule has 19 heavy (non-hydrogen) atoms. The van der Waals surface area contributed by atoms with E-state index in [0.717, 1.165) is 6.42 Å². The van der Waals surface area contributed by atoms with Gasteiger partial charge < -0.3 is 0 Å². The van der Waals surface area contributed by atoms with E-state index in [1.165, 1.54) is 0 Å². The van der Waals surface area contributed by atoms with Crippen molar-refractivity contribution < 1.29 is 0 Å². The van der Waals surface area contributed by atoms with E-state index < -0.39 is 0 Å². The maximum atomic E-state index is 12.7. The highest BCUT2D eigenvalue weighted by molar-refractivity contribution is 6.20. The molecule has 0 spiro atoms. The van der Waals surface area contributed by atoms with Gasteiger partial charge in [0.1, 0.15) is 5.82 Å². The Morgan fingerprint density at radius 2 is 2.00 bits per heavy atom. The first-order chi connectivity index (χ1) is 8.88. The second-order valence-corrected chi connectivity index (χ2v) is 6.06. The van der Waals surface area contributed by atoms with Gasteiger partial charge >= 0.3 is 0 Å². The normalized spacial score (nSPS) is 13.7. The van der Waals surface area contributed by atoms with Crippen LogP contribution in [0.5, 0.6) is 0 Å². The van der Waals surface area contributed by atoms with Crippen molar-refractivity contribution in [2.24, 2.45) is 0 Å². The molecule has 2 aromatic rings. The molecule has 3 nitrogen and oxygen atoms in total. The van der Waals surface area contributed by atoms with Crippen molar-refractivity contribution in [1.29, 1.82) is 0 Å². The Morgan fingerprint density at radius 1 is 1.37 bits per heavy atom. The van der Waals surface area contributed by atoms with E-state index in [2.05, 4.69) is 11.9 Å². The van der Waals surface area contributed by atoms with Crippen LogP contribution in [-0.2, 0) is 5.54 Å². The predicted octanol–water partition coefficient (Wildman–Crippen LogP) is 3.84. The fourth-order valence-electron chi connectivity index (χ4n) is 2.16. The highest BCUT2D eigenvalue weighted by Gasteiger charge is 2.26. The molecule has 0 bridgehead atoms. The molecule has 0 saturated heterocycles. The van der Waals surface area contributed by atoms with Crippen molar-refractivity contribution in [3.8, 4) is 0 Å². The van der Waals surface area contributed by atoms with E-state index in [1.54, 1.807) is 4.57 Å². The van der Waals surface area contributed by atoms with Crippen LogP contribution in [0.1, 0.15) is 45.3 Å². The van der Waals surface area contributed by atoms with Crippen LogP contribution in [0.4, 0.5) is 0 Å². The summed E-state index contributed by atoms with van der Waals surface area (Å²) in [7, 11) is 0. The molecule has 1 heterocycles. The number of nitrogens with zero attached hydrogens (tertiary/aromatic N) is 2. The average molecular weight is 279 g/mol. The quantitative estimate of drug-likeness (QED) is 0.800. The molecule has 0 aliphatic carbocycles. The lowest BCUT2D eigenvalue weighted by molar-refractivity contribution is 0.318. The zero-order chi connectivity index (χ0) is 14.2. The van der Waals surface area contributed by atoms with Gasteiger partial charge in [0.25, 0.3) is 5.56 Å². The Labute approximate surface area is 118 Å². The second kappa shape index (κ2) is 4.97. The molecule has 0 aliphatic rings. The maximum absolute atomic E-state index is 12.7. The number of hydrogen-bond acceptors (Lipinski definition) is 2. The summed E-state index contributed by atoms with van der Waals surface area (Å²) in [5.74, 6) is 0.636. The van der Waals surface area contributed by atoms with Crippen molar-refractivity contribution in [3.63, 3.8) is 0 Å². The topological polar surface area (TPSA) is 34.9 Å². The maximum Gasteiger partial charge on any atom is 0.261 e. The first-order valence-corrected chi connectivity index (χ1v) is 6.98. The molecule has 0 N–H and O–H groups in total. The number of rotatable bonds is 3. The predicted molar refractivity (Wildman–Crippen MR) is 79.9 cm³/mol. The van der Waals surface area contributed by atoms with Crippen LogP contribution >= 0.6 is 11.6 Å². The second-order valence-electron chi connectivity index (χ2n) is 5.41. The third kappa shape index (κ3) is 2.39. The molecule has 1 aromatic heterocycles. The van der Waals surface area contributed by atoms with Gasteiger partial charge in [-0.2, -0.15) is 0 Å². The molecular weight excluding hydrogens is 260 g/mol. The van der Waals surface area contributed by atoms with Gasteiger partial charge in [-0.15, -0.1) is 11.6 Å². The zero-order valence-corrected chi connectivity index (χ0v) is 12.5. The van der Waals surface area contributed by atoms with Gasteiger partial charge in [0.15, 0.2) is 0 Å². The minimum Gasteiger partial charge on any atom is -0.289 e. The molecule has 0 amide bonds. The Kier molecular flexibility index (Phi) is 3.68. The van der Waals surface area contributed by atoms with Gasteiger partial charge in [-0.25, -0.2) is 4.98 Å². The van der Waals surface area contributed by atoms with Crippen molar-refractivity contribution in [2.75, 3.05) is 0 Å². The Hall–Kier alpha value is -1.35. The number of halogens is 1. The van der Waals surface area contributed by atoms with Crippen LogP contribution in [0.3, 0.4) is 0 Å². The van der Waals surface area contributed by atoms with Crippen LogP contribution in [-0.4, -0.2) is 9.55 Å². The summed E-state index contributed by atoms with van der Waals surface area (Å²) in [4.78, 5) is 17.3. The monoisotopic (exact) mass is 278 g/mol. The van der Waals surface area contributed by atoms with Crippen LogP contribution in [0.2, 0.25) is 0 Å². The first-order valence-electron chi connectivity index (χ1n) is 6.54. The summed E-state index contributed by atoms with van der Waals surface area (Å²) in [5, 5.41) is 0.341. The molecule has 0 fully saturated rings. The molecule has 1 unspecified atom stereocenters. The van der Waals surface area contributed by atoms with Gasteiger partial charge in [0, 0.05) is 5.54 Å². The van der Waals surface area contributed by atoms with Crippen molar-refractivity contribution in [2.45, 2.75) is 45.0 Å². The number of benzene rings is 1. The molecule has 0 saturated carbocycles. The standard InChI is InChI=1S/C15H19ClN2O/c1-5-15(3,4)18-13(10(2)16)17-12-9-7-6-8-11(12)14(18)19/h6-10H,5H2,1-4H3. The highest BCUT2D eigenvalue weighted by Crippen LogP contribution is 2.26. The fourth-order valence-corrected chi connectivity index (χ4v) is 2.31.